The number of hydrogen-bond acceptors (Lipinski definition) is 5. The number of hydrogen-bond donors (Lipinski definition) is 0. The molecule has 5 heteroatoms. The zero-order valence-electron chi connectivity index (χ0n) is 26.9. The highest BCUT2D eigenvalue weighted by molar-refractivity contribution is 5.97. The summed E-state index contributed by atoms with van der Waals surface area (Å²) in [4.78, 5) is 9.68. The Kier molecular flexibility index (Phi) is 6.56. The molecule has 0 N–H and O–H groups in total. The molecule has 2 aliphatic rings. The van der Waals surface area contributed by atoms with E-state index in [0.717, 1.165) is 83.5 Å². The molecule has 1 aliphatic heterocycles. The van der Waals surface area contributed by atoms with E-state index in [-0.39, 0.29) is 12.0 Å². The van der Waals surface area contributed by atoms with Gasteiger partial charge in [-0.3, -0.25) is 4.98 Å². The van der Waals surface area contributed by atoms with Crippen LogP contribution in [0, 0.1) is 0 Å². The van der Waals surface area contributed by atoms with Crippen LogP contribution in [0.25, 0.3) is 77.8 Å². The van der Waals surface area contributed by atoms with Crippen molar-refractivity contribution in [3.63, 3.8) is 0 Å². The minimum absolute atomic E-state index is 0.0405. The van der Waals surface area contributed by atoms with Gasteiger partial charge in [0.25, 0.3) is 0 Å². The van der Waals surface area contributed by atoms with Gasteiger partial charge in [0.1, 0.15) is 17.5 Å². The first kappa shape index (κ1) is 28.4. The van der Waals surface area contributed by atoms with Crippen LogP contribution in [0.3, 0.4) is 0 Å². The van der Waals surface area contributed by atoms with Gasteiger partial charge in [-0.05, 0) is 64.2 Å². The molecule has 5 nitrogen and oxygen atoms in total. The third kappa shape index (κ3) is 4.74. The average molecular weight is 644 g/mol. The van der Waals surface area contributed by atoms with E-state index < -0.39 is 0 Å². The van der Waals surface area contributed by atoms with Gasteiger partial charge in [-0.2, -0.15) is 0 Å². The maximum atomic E-state index is 6.57. The Balaban J connectivity index is 1.06. The molecular weight excluding hydrogens is 615 g/mol. The molecule has 0 fully saturated rings. The number of benzene rings is 5. The van der Waals surface area contributed by atoms with E-state index in [4.69, 9.17) is 19.2 Å². The van der Waals surface area contributed by atoms with Crippen molar-refractivity contribution in [2.45, 2.75) is 12.0 Å². The Morgan fingerprint density at radius 1 is 0.540 bits per heavy atom. The first-order valence-electron chi connectivity index (χ1n) is 16.8. The molecule has 0 saturated carbocycles. The van der Waals surface area contributed by atoms with Crippen LogP contribution in [0.15, 0.2) is 168 Å². The SMILES string of the molecule is C1=CC2Oc3c(-c4cccc(-c5cccc(-c6cc(-c7ccc8cc9ccccc9nc8c7)no6)c5)c4-c4ccccc4)ccnc3C2C=C1. The number of nitrogens with zero attached hydrogens (tertiary/aromatic N) is 3. The zero-order chi connectivity index (χ0) is 33.0. The van der Waals surface area contributed by atoms with Crippen molar-refractivity contribution >= 4 is 21.8 Å². The first-order chi connectivity index (χ1) is 24.8. The van der Waals surface area contributed by atoms with Crippen LogP contribution in [0.5, 0.6) is 5.75 Å². The number of para-hydroxylation sites is 1. The molecule has 5 aromatic carbocycles. The van der Waals surface area contributed by atoms with Gasteiger partial charge in [-0.15, -0.1) is 0 Å². The summed E-state index contributed by atoms with van der Waals surface area (Å²) in [7, 11) is 0. The molecule has 50 heavy (non-hydrogen) atoms. The van der Waals surface area contributed by atoms with Gasteiger partial charge in [0.15, 0.2) is 5.76 Å². The van der Waals surface area contributed by atoms with Gasteiger partial charge < -0.3 is 9.26 Å². The minimum atomic E-state index is -0.0405. The van der Waals surface area contributed by atoms with Crippen molar-refractivity contribution < 1.29 is 9.26 Å². The Morgan fingerprint density at radius 3 is 2.30 bits per heavy atom. The topological polar surface area (TPSA) is 61.0 Å². The fraction of sp³-hybridized carbons (Fsp3) is 0.0444. The summed E-state index contributed by atoms with van der Waals surface area (Å²) in [6.07, 6.45) is 10.3. The molecule has 1 aliphatic carbocycles. The van der Waals surface area contributed by atoms with Crippen LogP contribution in [0.2, 0.25) is 0 Å². The lowest BCUT2D eigenvalue weighted by atomic mass is 9.86. The molecule has 2 atom stereocenters. The van der Waals surface area contributed by atoms with E-state index in [1.54, 1.807) is 0 Å². The van der Waals surface area contributed by atoms with Crippen LogP contribution < -0.4 is 4.74 Å². The van der Waals surface area contributed by atoms with Gasteiger partial charge in [-0.1, -0.05) is 120 Å². The van der Waals surface area contributed by atoms with Gasteiger partial charge in [0.05, 0.1) is 22.6 Å². The summed E-state index contributed by atoms with van der Waals surface area (Å²) < 4.78 is 12.5. The quantitative estimate of drug-likeness (QED) is 0.175. The molecule has 0 bridgehead atoms. The number of ether oxygens (including phenoxy) is 1. The summed E-state index contributed by atoms with van der Waals surface area (Å²) in [6, 6.07) is 46.3. The number of pyridine rings is 2. The Bertz CT molecular complexity index is 2650. The van der Waals surface area contributed by atoms with Crippen molar-refractivity contribution in [1.29, 1.82) is 0 Å². The van der Waals surface area contributed by atoms with E-state index in [1.165, 1.54) is 0 Å². The second kappa shape index (κ2) is 11.5. The lowest BCUT2D eigenvalue weighted by Gasteiger charge is -2.18. The van der Waals surface area contributed by atoms with E-state index in [2.05, 4.69) is 133 Å². The highest BCUT2D eigenvalue weighted by Gasteiger charge is 2.35. The molecule has 4 heterocycles. The predicted molar refractivity (Wildman–Crippen MR) is 200 cm³/mol. The molecule has 0 spiro atoms. The lowest BCUT2D eigenvalue weighted by Crippen LogP contribution is -2.15. The van der Waals surface area contributed by atoms with E-state index in [9.17, 15) is 0 Å². The van der Waals surface area contributed by atoms with E-state index in [0.29, 0.717) is 5.76 Å². The van der Waals surface area contributed by atoms with Crippen LogP contribution in [0.1, 0.15) is 11.6 Å². The van der Waals surface area contributed by atoms with E-state index >= 15 is 0 Å². The van der Waals surface area contributed by atoms with E-state index in [1.807, 2.05) is 36.5 Å². The number of rotatable bonds is 5. The lowest BCUT2D eigenvalue weighted by molar-refractivity contribution is 0.270. The first-order valence-corrected chi connectivity index (χ1v) is 16.8. The predicted octanol–water partition coefficient (Wildman–Crippen LogP) is 11.1. The van der Waals surface area contributed by atoms with Crippen molar-refractivity contribution in [1.82, 2.24) is 15.1 Å². The Labute approximate surface area is 288 Å². The molecule has 236 valence electrons. The minimum Gasteiger partial charge on any atom is -0.483 e. The Hall–Kier alpha value is -6.59. The van der Waals surface area contributed by atoms with Crippen molar-refractivity contribution in [3.05, 3.63) is 170 Å². The molecular formula is C45H29N3O2. The zero-order valence-corrected chi connectivity index (χ0v) is 26.9. The third-order valence-electron chi connectivity index (χ3n) is 9.79. The average Bonchev–Trinajstić information content (AvgIpc) is 3.83. The highest BCUT2D eigenvalue weighted by atomic mass is 16.5. The second-order valence-electron chi connectivity index (χ2n) is 12.8. The van der Waals surface area contributed by atoms with Crippen LogP contribution in [-0.2, 0) is 0 Å². The third-order valence-corrected chi connectivity index (χ3v) is 9.79. The largest absolute Gasteiger partial charge is 0.483 e. The maximum absolute atomic E-state index is 6.57. The molecule has 0 amide bonds. The van der Waals surface area contributed by atoms with Crippen molar-refractivity contribution in [3.8, 4) is 61.7 Å². The highest BCUT2D eigenvalue weighted by Crippen LogP contribution is 2.49. The van der Waals surface area contributed by atoms with Crippen LogP contribution >= 0.6 is 0 Å². The molecule has 0 radical (unpaired) electrons. The summed E-state index contributed by atoms with van der Waals surface area (Å²) in [5.41, 5.74) is 12.2. The van der Waals surface area contributed by atoms with Gasteiger partial charge in [0, 0.05) is 39.7 Å². The molecule has 8 aromatic rings. The number of aromatic nitrogens is 3. The standard InChI is InChI=1S/C45H29N3O2/c1-2-10-28(11-3-1)43-34(16-9-17-35(43)36-22-23-46-44-37-15-5-7-19-41(37)49-45(36)44)29-13-8-14-33(24-29)42-27-40(48-50-42)32-21-20-31-25-30-12-4-6-18-38(30)47-39(31)26-32/h1-27,37,41H. The van der Waals surface area contributed by atoms with Crippen LogP contribution in [0.4, 0.5) is 0 Å². The maximum Gasteiger partial charge on any atom is 0.167 e. The summed E-state index contributed by atoms with van der Waals surface area (Å²) in [5, 5.41) is 6.71. The fourth-order valence-corrected chi connectivity index (χ4v) is 7.37. The summed E-state index contributed by atoms with van der Waals surface area (Å²) in [6.45, 7) is 0. The monoisotopic (exact) mass is 643 g/mol. The normalized spacial score (nSPS) is 16.0. The molecule has 10 rings (SSSR count). The van der Waals surface area contributed by atoms with Crippen molar-refractivity contribution in [2.24, 2.45) is 0 Å². The molecule has 2 unspecified atom stereocenters. The second-order valence-corrected chi connectivity index (χ2v) is 12.8. The fourth-order valence-electron chi connectivity index (χ4n) is 7.37. The smallest absolute Gasteiger partial charge is 0.167 e. The van der Waals surface area contributed by atoms with Gasteiger partial charge in [0.2, 0.25) is 0 Å². The number of allylic oxidation sites excluding steroid dienone is 2. The van der Waals surface area contributed by atoms with Crippen molar-refractivity contribution in [2.75, 3.05) is 0 Å². The molecule has 3 aromatic heterocycles. The summed E-state index contributed by atoms with van der Waals surface area (Å²) in [5.74, 6) is 1.68. The van der Waals surface area contributed by atoms with Gasteiger partial charge in [-0.25, -0.2) is 4.98 Å². The van der Waals surface area contributed by atoms with Crippen LogP contribution in [-0.4, -0.2) is 21.2 Å². The van der Waals surface area contributed by atoms with Gasteiger partial charge >= 0.3 is 0 Å². The summed E-state index contributed by atoms with van der Waals surface area (Å²) >= 11 is 0. The Morgan fingerprint density at radius 2 is 1.34 bits per heavy atom. The number of fused-ring (bicyclic) bond motifs is 5. The molecule has 0 saturated heterocycles.